The molecule has 1 N–H and O–H groups in total. The number of para-hydroxylation sites is 1. The summed E-state index contributed by atoms with van der Waals surface area (Å²) in [5.74, 6) is 0.925. The zero-order valence-electron chi connectivity index (χ0n) is 10.8. The van der Waals surface area contributed by atoms with Gasteiger partial charge in [0, 0.05) is 25.6 Å². The summed E-state index contributed by atoms with van der Waals surface area (Å²) in [7, 11) is 0. The van der Waals surface area contributed by atoms with Crippen molar-refractivity contribution >= 4 is 0 Å². The van der Waals surface area contributed by atoms with Gasteiger partial charge in [0.15, 0.2) is 0 Å². The van der Waals surface area contributed by atoms with E-state index in [1.165, 1.54) is 0 Å². The summed E-state index contributed by atoms with van der Waals surface area (Å²) in [4.78, 5) is 0. The van der Waals surface area contributed by atoms with Crippen LogP contribution in [0.4, 0.5) is 0 Å². The fourth-order valence-electron chi connectivity index (χ4n) is 1.39. The molecule has 0 fully saturated rings. The van der Waals surface area contributed by atoms with Gasteiger partial charge in [-0.25, -0.2) is 0 Å². The molecule has 0 saturated heterocycles. The predicted molar refractivity (Wildman–Crippen MR) is 70.5 cm³/mol. The monoisotopic (exact) mass is 237 g/mol. The second-order valence-electron chi connectivity index (χ2n) is 4.24. The summed E-state index contributed by atoms with van der Waals surface area (Å²) in [5.41, 5.74) is 0. The van der Waals surface area contributed by atoms with E-state index in [0.717, 1.165) is 31.9 Å². The van der Waals surface area contributed by atoms with E-state index in [4.69, 9.17) is 9.47 Å². The molecule has 1 aromatic carbocycles. The summed E-state index contributed by atoms with van der Waals surface area (Å²) in [6, 6.07) is 10.4. The summed E-state index contributed by atoms with van der Waals surface area (Å²) in [6.45, 7) is 7.41. The Hall–Kier alpha value is -1.06. The van der Waals surface area contributed by atoms with Crippen LogP contribution in [-0.4, -0.2) is 32.4 Å². The minimum atomic E-state index is 0.528. The van der Waals surface area contributed by atoms with Crippen molar-refractivity contribution in [2.24, 2.45) is 0 Å². The van der Waals surface area contributed by atoms with Crippen molar-refractivity contribution in [3.63, 3.8) is 0 Å². The highest BCUT2D eigenvalue weighted by atomic mass is 16.5. The van der Waals surface area contributed by atoms with E-state index in [-0.39, 0.29) is 0 Å². The normalized spacial score (nSPS) is 10.8. The lowest BCUT2D eigenvalue weighted by Crippen LogP contribution is -2.26. The maximum atomic E-state index is 5.56. The first-order valence-corrected chi connectivity index (χ1v) is 6.28. The maximum Gasteiger partial charge on any atom is 0.119 e. The van der Waals surface area contributed by atoms with Crippen LogP contribution in [0.1, 0.15) is 20.3 Å². The number of rotatable bonds is 9. The van der Waals surface area contributed by atoms with E-state index in [1.54, 1.807) is 0 Å². The Labute approximate surface area is 104 Å². The molecule has 3 heteroatoms. The summed E-state index contributed by atoms with van der Waals surface area (Å²) < 4.78 is 11.0. The molecular formula is C14H23NO2. The topological polar surface area (TPSA) is 30.5 Å². The van der Waals surface area contributed by atoms with Gasteiger partial charge in [0.05, 0.1) is 13.2 Å². The average Bonchev–Trinajstić information content (AvgIpc) is 2.33. The van der Waals surface area contributed by atoms with Gasteiger partial charge < -0.3 is 14.8 Å². The molecule has 0 saturated carbocycles. The highest BCUT2D eigenvalue weighted by Crippen LogP contribution is 2.08. The minimum Gasteiger partial charge on any atom is -0.494 e. The number of ether oxygens (including phenoxy) is 2. The lowest BCUT2D eigenvalue weighted by Gasteiger charge is -2.09. The molecule has 1 rings (SSSR count). The lowest BCUT2D eigenvalue weighted by molar-refractivity contribution is 0.120. The van der Waals surface area contributed by atoms with Gasteiger partial charge in [0.1, 0.15) is 5.75 Å². The zero-order valence-corrected chi connectivity index (χ0v) is 10.8. The smallest absolute Gasteiger partial charge is 0.119 e. The third-order valence-electron chi connectivity index (χ3n) is 2.24. The molecule has 0 atom stereocenters. The van der Waals surface area contributed by atoms with Crippen molar-refractivity contribution < 1.29 is 9.47 Å². The van der Waals surface area contributed by atoms with Gasteiger partial charge in [-0.05, 0) is 12.1 Å². The molecule has 3 nitrogen and oxygen atoms in total. The van der Waals surface area contributed by atoms with E-state index in [1.807, 2.05) is 30.3 Å². The Kier molecular flexibility index (Phi) is 7.43. The molecular weight excluding hydrogens is 214 g/mol. The van der Waals surface area contributed by atoms with Crippen molar-refractivity contribution in [2.75, 3.05) is 26.4 Å². The summed E-state index contributed by atoms with van der Waals surface area (Å²) >= 11 is 0. The van der Waals surface area contributed by atoms with E-state index in [2.05, 4.69) is 19.2 Å². The van der Waals surface area contributed by atoms with Crippen molar-refractivity contribution in [1.29, 1.82) is 0 Å². The SMILES string of the molecule is CC(C)NCCOCCCOc1ccccc1. The number of hydrogen-bond donors (Lipinski definition) is 1. The molecule has 17 heavy (non-hydrogen) atoms. The van der Waals surface area contributed by atoms with E-state index in [9.17, 15) is 0 Å². The first-order valence-electron chi connectivity index (χ1n) is 6.28. The lowest BCUT2D eigenvalue weighted by atomic mass is 10.3. The van der Waals surface area contributed by atoms with Gasteiger partial charge in [0.25, 0.3) is 0 Å². The molecule has 96 valence electrons. The standard InChI is InChI=1S/C14H23NO2/c1-13(2)15-9-12-16-10-6-11-17-14-7-4-3-5-8-14/h3-5,7-8,13,15H,6,9-12H2,1-2H3. The first kappa shape index (κ1) is 14.0. The van der Waals surface area contributed by atoms with Crippen molar-refractivity contribution in [3.05, 3.63) is 30.3 Å². The number of benzene rings is 1. The molecule has 0 aliphatic carbocycles. The van der Waals surface area contributed by atoms with Crippen molar-refractivity contribution in [3.8, 4) is 5.75 Å². The Balaban J connectivity index is 1.88. The summed E-state index contributed by atoms with van der Waals surface area (Å²) in [6.07, 6.45) is 0.927. The van der Waals surface area contributed by atoms with Gasteiger partial charge in [-0.1, -0.05) is 32.0 Å². The molecule has 0 spiro atoms. The molecule has 1 aromatic rings. The number of hydrogen-bond acceptors (Lipinski definition) is 3. The van der Waals surface area contributed by atoms with E-state index >= 15 is 0 Å². The highest BCUT2D eigenvalue weighted by molar-refractivity contribution is 5.20. The molecule has 0 unspecified atom stereocenters. The van der Waals surface area contributed by atoms with Gasteiger partial charge in [-0.3, -0.25) is 0 Å². The zero-order chi connectivity index (χ0) is 12.3. The van der Waals surface area contributed by atoms with Crippen LogP contribution in [0.2, 0.25) is 0 Å². The Bertz CT molecular complexity index is 275. The van der Waals surface area contributed by atoms with Gasteiger partial charge in [-0.2, -0.15) is 0 Å². The van der Waals surface area contributed by atoms with E-state index in [0.29, 0.717) is 12.6 Å². The van der Waals surface area contributed by atoms with Gasteiger partial charge in [0.2, 0.25) is 0 Å². The van der Waals surface area contributed by atoms with Crippen LogP contribution in [0.3, 0.4) is 0 Å². The molecule has 0 aliphatic heterocycles. The molecule has 0 radical (unpaired) electrons. The third-order valence-corrected chi connectivity index (χ3v) is 2.24. The maximum absolute atomic E-state index is 5.56. The van der Waals surface area contributed by atoms with Gasteiger partial charge in [-0.15, -0.1) is 0 Å². The van der Waals surface area contributed by atoms with Crippen LogP contribution in [0.15, 0.2) is 30.3 Å². The Morgan fingerprint density at radius 2 is 1.82 bits per heavy atom. The summed E-state index contributed by atoms with van der Waals surface area (Å²) in [5, 5.41) is 3.31. The average molecular weight is 237 g/mol. The molecule has 0 heterocycles. The molecule has 0 amide bonds. The quantitative estimate of drug-likeness (QED) is 0.669. The third kappa shape index (κ3) is 7.77. The van der Waals surface area contributed by atoms with Crippen LogP contribution >= 0.6 is 0 Å². The second-order valence-corrected chi connectivity index (χ2v) is 4.24. The van der Waals surface area contributed by atoms with E-state index < -0.39 is 0 Å². The fourth-order valence-corrected chi connectivity index (χ4v) is 1.39. The van der Waals surface area contributed by atoms with Crippen molar-refractivity contribution in [2.45, 2.75) is 26.3 Å². The highest BCUT2D eigenvalue weighted by Gasteiger charge is 1.94. The second kappa shape index (κ2) is 9.02. The Morgan fingerprint density at radius 1 is 1.06 bits per heavy atom. The predicted octanol–water partition coefficient (Wildman–Crippen LogP) is 2.47. The number of nitrogens with one attached hydrogen (secondary N) is 1. The Morgan fingerprint density at radius 3 is 2.53 bits per heavy atom. The van der Waals surface area contributed by atoms with Crippen LogP contribution in [-0.2, 0) is 4.74 Å². The largest absolute Gasteiger partial charge is 0.494 e. The van der Waals surface area contributed by atoms with Crippen LogP contribution in [0.25, 0.3) is 0 Å². The van der Waals surface area contributed by atoms with Crippen LogP contribution in [0.5, 0.6) is 5.75 Å². The van der Waals surface area contributed by atoms with Gasteiger partial charge >= 0.3 is 0 Å². The molecule has 0 aliphatic rings. The van der Waals surface area contributed by atoms with Crippen LogP contribution in [0, 0.1) is 0 Å². The van der Waals surface area contributed by atoms with Crippen LogP contribution < -0.4 is 10.1 Å². The molecule has 0 bridgehead atoms. The fraction of sp³-hybridized carbons (Fsp3) is 0.571. The van der Waals surface area contributed by atoms with Crippen molar-refractivity contribution in [1.82, 2.24) is 5.32 Å². The first-order chi connectivity index (χ1) is 8.29. The molecule has 0 aromatic heterocycles. The minimum absolute atomic E-state index is 0.528.